The summed E-state index contributed by atoms with van der Waals surface area (Å²) in [4.78, 5) is 12.3. The van der Waals surface area contributed by atoms with Gasteiger partial charge in [-0.3, -0.25) is 4.79 Å². The Labute approximate surface area is 132 Å². The molecular formula is C19H24O3. The molecule has 0 aromatic heterocycles. The fourth-order valence-electron chi connectivity index (χ4n) is 3.81. The minimum atomic E-state index is -0.207. The molecule has 22 heavy (non-hydrogen) atoms. The smallest absolute Gasteiger partial charge is 0.161 e. The zero-order valence-electron chi connectivity index (χ0n) is 13.2. The molecule has 0 heterocycles. The van der Waals surface area contributed by atoms with E-state index in [2.05, 4.69) is 12.1 Å². The SMILES string of the molecule is COC12C=CC(=O)C(CCCOCc3ccccc3)(CC1)C2. The number of carbonyl (C=O) groups is 1. The van der Waals surface area contributed by atoms with Gasteiger partial charge in [0.05, 0.1) is 12.2 Å². The van der Waals surface area contributed by atoms with Gasteiger partial charge in [0.25, 0.3) is 0 Å². The highest BCUT2D eigenvalue weighted by Gasteiger charge is 2.52. The molecule has 0 radical (unpaired) electrons. The monoisotopic (exact) mass is 300 g/mol. The first-order valence-corrected chi connectivity index (χ1v) is 8.09. The molecular weight excluding hydrogens is 276 g/mol. The first-order valence-electron chi connectivity index (χ1n) is 8.09. The zero-order valence-corrected chi connectivity index (χ0v) is 13.2. The number of allylic oxidation sites excluding steroid dienone is 1. The van der Waals surface area contributed by atoms with Crippen LogP contribution in [-0.2, 0) is 20.9 Å². The Morgan fingerprint density at radius 3 is 2.77 bits per heavy atom. The molecule has 3 rings (SSSR count). The van der Waals surface area contributed by atoms with Crippen LogP contribution in [0.5, 0.6) is 0 Å². The summed E-state index contributed by atoms with van der Waals surface area (Å²) in [5.74, 6) is 0.278. The van der Waals surface area contributed by atoms with Crippen molar-refractivity contribution in [3.8, 4) is 0 Å². The maximum Gasteiger partial charge on any atom is 0.161 e. The topological polar surface area (TPSA) is 35.5 Å². The summed E-state index contributed by atoms with van der Waals surface area (Å²) < 4.78 is 11.4. The predicted octanol–water partition coefficient (Wildman–Crippen LogP) is 3.68. The molecule has 1 fully saturated rings. The summed E-state index contributed by atoms with van der Waals surface area (Å²) >= 11 is 0. The summed E-state index contributed by atoms with van der Waals surface area (Å²) in [5.41, 5.74) is 0.788. The van der Waals surface area contributed by atoms with E-state index in [-0.39, 0.29) is 16.8 Å². The number of benzene rings is 1. The highest BCUT2D eigenvalue weighted by atomic mass is 16.5. The number of hydrogen-bond donors (Lipinski definition) is 0. The van der Waals surface area contributed by atoms with Crippen LogP contribution in [0.2, 0.25) is 0 Å². The maximum absolute atomic E-state index is 12.3. The largest absolute Gasteiger partial charge is 0.377 e. The lowest BCUT2D eigenvalue weighted by atomic mass is 9.73. The Balaban J connectivity index is 1.47. The minimum absolute atomic E-state index is 0.196. The zero-order chi connectivity index (χ0) is 15.5. The van der Waals surface area contributed by atoms with E-state index in [0.29, 0.717) is 13.2 Å². The molecule has 2 bridgehead atoms. The summed E-state index contributed by atoms with van der Waals surface area (Å²) in [6.45, 7) is 1.34. The number of ether oxygens (including phenoxy) is 2. The van der Waals surface area contributed by atoms with E-state index in [1.54, 1.807) is 13.2 Å². The number of methoxy groups -OCH3 is 1. The van der Waals surface area contributed by atoms with Gasteiger partial charge in [0.15, 0.2) is 5.78 Å². The van der Waals surface area contributed by atoms with Crippen molar-refractivity contribution in [2.75, 3.05) is 13.7 Å². The van der Waals surface area contributed by atoms with Crippen LogP contribution >= 0.6 is 0 Å². The number of hydrogen-bond acceptors (Lipinski definition) is 3. The van der Waals surface area contributed by atoms with Gasteiger partial charge in [0.2, 0.25) is 0 Å². The van der Waals surface area contributed by atoms with Crippen molar-refractivity contribution >= 4 is 5.78 Å². The van der Waals surface area contributed by atoms with Gasteiger partial charge < -0.3 is 9.47 Å². The fraction of sp³-hybridized carbons (Fsp3) is 0.526. The molecule has 2 atom stereocenters. The lowest BCUT2D eigenvalue weighted by molar-refractivity contribution is -0.126. The molecule has 2 aliphatic carbocycles. The molecule has 118 valence electrons. The molecule has 0 spiro atoms. The van der Waals surface area contributed by atoms with Crippen LogP contribution in [0, 0.1) is 5.41 Å². The lowest BCUT2D eigenvalue weighted by Gasteiger charge is -2.33. The molecule has 0 amide bonds. The third kappa shape index (κ3) is 3.01. The quantitative estimate of drug-likeness (QED) is 0.721. The second-order valence-corrected chi connectivity index (χ2v) is 6.57. The molecule has 0 aliphatic heterocycles. The van der Waals surface area contributed by atoms with Gasteiger partial charge in [-0.15, -0.1) is 0 Å². The number of carbonyl (C=O) groups excluding carboxylic acids is 1. The summed E-state index contributed by atoms with van der Waals surface area (Å²) in [6.07, 6.45) is 8.26. The third-order valence-corrected chi connectivity index (χ3v) is 5.19. The average molecular weight is 300 g/mol. The fourth-order valence-corrected chi connectivity index (χ4v) is 3.81. The molecule has 2 aliphatic rings. The predicted molar refractivity (Wildman–Crippen MR) is 85.5 cm³/mol. The molecule has 1 saturated carbocycles. The molecule has 2 unspecified atom stereocenters. The molecule has 1 aromatic rings. The first-order chi connectivity index (χ1) is 10.7. The van der Waals surface area contributed by atoms with Crippen LogP contribution in [0.4, 0.5) is 0 Å². The molecule has 0 saturated heterocycles. The van der Waals surface area contributed by atoms with E-state index in [1.165, 1.54) is 5.56 Å². The van der Waals surface area contributed by atoms with Gasteiger partial charge in [0.1, 0.15) is 0 Å². The highest BCUT2D eigenvalue weighted by molar-refractivity contribution is 5.96. The van der Waals surface area contributed by atoms with Crippen molar-refractivity contribution in [1.29, 1.82) is 0 Å². The van der Waals surface area contributed by atoms with Crippen LogP contribution in [-0.4, -0.2) is 25.1 Å². The second-order valence-electron chi connectivity index (χ2n) is 6.57. The van der Waals surface area contributed by atoms with Crippen molar-refractivity contribution in [1.82, 2.24) is 0 Å². The van der Waals surface area contributed by atoms with Crippen molar-refractivity contribution in [2.45, 2.75) is 44.3 Å². The Hall–Kier alpha value is -1.45. The summed E-state index contributed by atoms with van der Waals surface area (Å²) in [7, 11) is 1.75. The normalized spacial score (nSPS) is 30.0. The van der Waals surface area contributed by atoms with Crippen molar-refractivity contribution < 1.29 is 14.3 Å². The Morgan fingerprint density at radius 1 is 1.18 bits per heavy atom. The standard InChI is InChI=1S/C19H24O3/c1-21-19-10-8-17(20)18(15-19,11-12-19)9-5-13-22-14-16-6-3-2-4-7-16/h2-4,6-8,10H,5,9,11-15H2,1H3. The minimum Gasteiger partial charge on any atom is -0.377 e. The van der Waals surface area contributed by atoms with Crippen LogP contribution in [0.15, 0.2) is 42.5 Å². The Kier molecular flexibility index (Phi) is 4.46. The van der Waals surface area contributed by atoms with Gasteiger partial charge in [-0.2, -0.15) is 0 Å². The van der Waals surface area contributed by atoms with Gasteiger partial charge in [-0.25, -0.2) is 0 Å². The van der Waals surface area contributed by atoms with E-state index in [0.717, 1.165) is 32.1 Å². The summed E-state index contributed by atoms with van der Waals surface area (Å²) in [6, 6.07) is 10.2. The lowest BCUT2D eigenvalue weighted by Crippen LogP contribution is -2.36. The van der Waals surface area contributed by atoms with E-state index < -0.39 is 0 Å². The third-order valence-electron chi connectivity index (χ3n) is 5.19. The molecule has 3 nitrogen and oxygen atoms in total. The van der Waals surface area contributed by atoms with Crippen LogP contribution in [0.3, 0.4) is 0 Å². The maximum atomic E-state index is 12.3. The van der Waals surface area contributed by atoms with E-state index in [1.807, 2.05) is 24.3 Å². The van der Waals surface area contributed by atoms with Crippen molar-refractivity contribution in [3.05, 3.63) is 48.0 Å². The van der Waals surface area contributed by atoms with Gasteiger partial charge in [-0.1, -0.05) is 30.3 Å². The van der Waals surface area contributed by atoms with Gasteiger partial charge in [0, 0.05) is 19.1 Å². The highest BCUT2D eigenvalue weighted by Crippen LogP contribution is 2.52. The average Bonchev–Trinajstić information content (AvgIpc) is 2.88. The van der Waals surface area contributed by atoms with Crippen LogP contribution in [0.1, 0.15) is 37.7 Å². The van der Waals surface area contributed by atoms with Crippen molar-refractivity contribution in [3.63, 3.8) is 0 Å². The van der Waals surface area contributed by atoms with E-state index in [9.17, 15) is 4.79 Å². The van der Waals surface area contributed by atoms with E-state index in [4.69, 9.17) is 9.47 Å². The second kappa shape index (κ2) is 6.35. The molecule has 1 aromatic carbocycles. The molecule has 3 heteroatoms. The first kappa shape index (κ1) is 15.4. The number of fused-ring (bicyclic) bond motifs is 2. The van der Waals surface area contributed by atoms with Crippen LogP contribution in [0.25, 0.3) is 0 Å². The number of ketones is 1. The van der Waals surface area contributed by atoms with Crippen LogP contribution < -0.4 is 0 Å². The van der Waals surface area contributed by atoms with Crippen molar-refractivity contribution in [2.24, 2.45) is 5.41 Å². The molecule has 0 N–H and O–H groups in total. The summed E-state index contributed by atoms with van der Waals surface area (Å²) in [5, 5.41) is 0. The Morgan fingerprint density at radius 2 is 2.00 bits per heavy atom. The van der Waals surface area contributed by atoms with Gasteiger partial charge >= 0.3 is 0 Å². The Bertz CT molecular complexity index is 551. The van der Waals surface area contributed by atoms with Gasteiger partial charge in [-0.05, 0) is 49.8 Å². The van der Waals surface area contributed by atoms with E-state index >= 15 is 0 Å². The number of rotatable bonds is 7.